The molecule has 0 spiro atoms. The number of aromatic nitrogens is 2. The van der Waals surface area contributed by atoms with Gasteiger partial charge in [0.15, 0.2) is 0 Å². The molecule has 162 valence electrons. The molecule has 4 heterocycles. The third kappa shape index (κ3) is 4.59. The Hall–Kier alpha value is -2.86. The molecule has 2 aliphatic rings. The Morgan fingerprint density at radius 1 is 0.968 bits per heavy atom. The maximum Gasteiger partial charge on any atom is 0.242 e. The Balaban J connectivity index is 1.21. The molecule has 0 N–H and O–H groups in total. The van der Waals surface area contributed by atoms with Crippen molar-refractivity contribution in [2.45, 2.75) is 25.8 Å². The van der Waals surface area contributed by atoms with Crippen molar-refractivity contribution in [3.63, 3.8) is 0 Å². The first-order valence-corrected chi connectivity index (χ1v) is 11.4. The molecule has 0 aliphatic carbocycles. The van der Waals surface area contributed by atoms with Crippen molar-refractivity contribution in [1.29, 1.82) is 0 Å². The molecule has 5 rings (SSSR count). The van der Waals surface area contributed by atoms with Gasteiger partial charge in [-0.25, -0.2) is 4.98 Å². The number of rotatable bonds is 5. The molecular weight excluding hydrogens is 388 g/mol. The zero-order valence-corrected chi connectivity index (χ0v) is 17.9. The maximum absolute atomic E-state index is 13.0. The van der Waals surface area contributed by atoms with Crippen molar-refractivity contribution in [3.05, 3.63) is 60.3 Å². The van der Waals surface area contributed by atoms with Gasteiger partial charge in [-0.3, -0.25) is 4.79 Å². The SMILES string of the molecule is O=C(Cn1ccc2ccc(N3CCOCC3)nc21)N1CCC(Cc2ccccc2)CC1. The van der Waals surface area contributed by atoms with Crippen LogP contribution in [-0.4, -0.2) is 59.8 Å². The highest BCUT2D eigenvalue weighted by Crippen LogP contribution is 2.23. The predicted molar refractivity (Wildman–Crippen MR) is 122 cm³/mol. The summed E-state index contributed by atoms with van der Waals surface area (Å²) >= 11 is 0. The van der Waals surface area contributed by atoms with Crippen LogP contribution in [-0.2, 0) is 22.5 Å². The third-order valence-corrected chi connectivity index (χ3v) is 6.57. The summed E-state index contributed by atoms with van der Waals surface area (Å²) in [4.78, 5) is 22.2. The monoisotopic (exact) mass is 418 g/mol. The zero-order chi connectivity index (χ0) is 21.0. The Kier molecular flexibility index (Phi) is 5.89. The summed E-state index contributed by atoms with van der Waals surface area (Å²) in [5.74, 6) is 1.82. The van der Waals surface area contributed by atoms with Gasteiger partial charge < -0.3 is 19.1 Å². The van der Waals surface area contributed by atoms with Gasteiger partial charge in [-0.1, -0.05) is 30.3 Å². The van der Waals surface area contributed by atoms with E-state index in [9.17, 15) is 4.79 Å². The van der Waals surface area contributed by atoms with Crippen molar-refractivity contribution in [3.8, 4) is 0 Å². The van der Waals surface area contributed by atoms with Gasteiger partial charge in [-0.15, -0.1) is 0 Å². The molecule has 6 heteroatoms. The number of morpholine rings is 1. The number of pyridine rings is 1. The van der Waals surface area contributed by atoms with Gasteiger partial charge in [0.1, 0.15) is 18.0 Å². The number of carbonyl (C=O) groups excluding carboxylic acids is 1. The van der Waals surface area contributed by atoms with E-state index in [0.717, 1.165) is 75.5 Å². The van der Waals surface area contributed by atoms with E-state index in [4.69, 9.17) is 9.72 Å². The number of benzene rings is 1. The molecule has 2 fully saturated rings. The third-order valence-electron chi connectivity index (χ3n) is 6.57. The molecule has 3 aromatic rings. The minimum absolute atomic E-state index is 0.189. The summed E-state index contributed by atoms with van der Waals surface area (Å²) in [6.07, 6.45) is 5.25. The van der Waals surface area contributed by atoms with Gasteiger partial charge in [0, 0.05) is 37.8 Å². The van der Waals surface area contributed by atoms with E-state index in [-0.39, 0.29) is 5.91 Å². The van der Waals surface area contributed by atoms with Crippen LogP contribution in [0.2, 0.25) is 0 Å². The van der Waals surface area contributed by atoms with Gasteiger partial charge in [0.2, 0.25) is 5.91 Å². The molecule has 0 atom stereocenters. The standard InChI is InChI=1S/C25H30N4O2/c30-24(28-11-8-21(9-12-28)18-20-4-2-1-3-5-20)19-29-13-10-22-6-7-23(26-25(22)29)27-14-16-31-17-15-27/h1-7,10,13,21H,8-9,11-12,14-19H2. The first-order valence-electron chi connectivity index (χ1n) is 11.4. The van der Waals surface area contributed by atoms with Crippen LogP contribution in [0.3, 0.4) is 0 Å². The van der Waals surface area contributed by atoms with E-state index in [1.165, 1.54) is 5.56 Å². The molecule has 0 saturated carbocycles. The van der Waals surface area contributed by atoms with Gasteiger partial charge >= 0.3 is 0 Å². The number of carbonyl (C=O) groups is 1. The van der Waals surface area contributed by atoms with Crippen molar-refractivity contribution in [2.75, 3.05) is 44.3 Å². The van der Waals surface area contributed by atoms with Gasteiger partial charge in [-0.05, 0) is 48.9 Å². The van der Waals surface area contributed by atoms with Crippen LogP contribution in [0.4, 0.5) is 5.82 Å². The summed E-state index contributed by atoms with van der Waals surface area (Å²) in [6.45, 7) is 5.24. The highest BCUT2D eigenvalue weighted by Gasteiger charge is 2.23. The lowest BCUT2D eigenvalue weighted by atomic mass is 9.90. The number of ether oxygens (including phenoxy) is 1. The number of hydrogen-bond acceptors (Lipinski definition) is 4. The van der Waals surface area contributed by atoms with Crippen LogP contribution in [0.5, 0.6) is 0 Å². The van der Waals surface area contributed by atoms with Gasteiger partial charge in [0.25, 0.3) is 0 Å². The van der Waals surface area contributed by atoms with Crippen LogP contribution in [0.15, 0.2) is 54.7 Å². The smallest absolute Gasteiger partial charge is 0.242 e. The van der Waals surface area contributed by atoms with Crippen molar-refractivity contribution in [2.24, 2.45) is 5.92 Å². The molecule has 2 saturated heterocycles. The fraction of sp³-hybridized carbons (Fsp3) is 0.440. The Morgan fingerprint density at radius 3 is 2.52 bits per heavy atom. The van der Waals surface area contributed by atoms with Crippen LogP contribution < -0.4 is 4.90 Å². The van der Waals surface area contributed by atoms with Gasteiger partial charge in [0.05, 0.1) is 13.2 Å². The maximum atomic E-state index is 13.0. The van der Waals surface area contributed by atoms with Crippen molar-refractivity contribution < 1.29 is 9.53 Å². The normalized spacial score (nSPS) is 17.9. The first kappa shape index (κ1) is 20.1. The minimum Gasteiger partial charge on any atom is -0.378 e. The molecule has 31 heavy (non-hydrogen) atoms. The summed E-state index contributed by atoms with van der Waals surface area (Å²) in [5, 5.41) is 1.08. The topological polar surface area (TPSA) is 50.6 Å². The minimum atomic E-state index is 0.189. The molecule has 1 aromatic carbocycles. The number of amides is 1. The Bertz CT molecular complexity index is 1020. The largest absolute Gasteiger partial charge is 0.378 e. The quantitative estimate of drug-likeness (QED) is 0.638. The van der Waals surface area contributed by atoms with Crippen molar-refractivity contribution >= 4 is 22.8 Å². The molecule has 2 aromatic heterocycles. The predicted octanol–water partition coefficient (Wildman–Crippen LogP) is 3.35. The van der Waals surface area contributed by atoms with Crippen LogP contribution in [0.25, 0.3) is 11.0 Å². The number of nitrogens with zero attached hydrogens (tertiary/aromatic N) is 4. The van der Waals surface area contributed by atoms with E-state index in [2.05, 4.69) is 47.4 Å². The number of hydrogen-bond donors (Lipinski definition) is 0. The number of piperidine rings is 1. The lowest BCUT2D eigenvalue weighted by Gasteiger charge is -2.32. The number of fused-ring (bicyclic) bond motifs is 1. The molecule has 0 bridgehead atoms. The molecule has 2 aliphatic heterocycles. The average molecular weight is 419 g/mol. The van der Waals surface area contributed by atoms with Crippen LogP contribution in [0, 0.1) is 5.92 Å². The first-order chi connectivity index (χ1) is 15.3. The fourth-order valence-corrected chi connectivity index (χ4v) is 4.73. The summed E-state index contributed by atoms with van der Waals surface area (Å²) < 4.78 is 7.45. The second-order valence-electron chi connectivity index (χ2n) is 8.64. The van der Waals surface area contributed by atoms with E-state index in [1.54, 1.807) is 0 Å². The van der Waals surface area contributed by atoms with Crippen LogP contribution in [0.1, 0.15) is 18.4 Å². The fourth-order valence-electron chi connectivity index (χ4n) is 4.73. The van der Waals surface area contributed by atoms with E-state index in [1.807, 2.05) is 21.7 Å². The molecule has 0 radical (unpaired) electrons. The summed E-state index contributed by atoms with van der Waals surface area (Å²) in [5.41, 5.74) is 2.28. The zero-order valence-electron chi connectivity index (χ0n) is 17.9. The second kappa shape index (κ2) is 9.10. The molecule has 1 amide bonds. The second-order valence-corrected chi connectivity index (χ2v) is 8.64. The van der Waals surface area contributed by atoms with Gasteiger partial charge in [-0.2, -0.15) is 0 Å². The van der Waals surface area contributed by atoms with E-state index in [0.29, 0.717) is 12.5 Å². The molecule has 6 nitrogen and oxygen atoms in total. The lowest BCUT2D eigenvalue weighted by molar-refractivity contribution is -0.133. The Labute approximate surface area is 183 Å². The van der Waals surface area contributed by atoms with E-state index < -0.39 is 0 Å². The van der Waals surface area contributed by atoms with Crippen molar-refractivity contribution in [1.82, 2.24) is 14.5 Å². The number of likely N-dealkylation sites (tertiary alicyclic amines) is 1. The Morgan fingerprint density at radius 2 is 1.74 bits per heavy atom. The number of anilines is 1. The summed E-state index contributed by atoms with van der Waals surface area (Å²) in [7, 11) is 0. The van der Waals surface area contributed by atoms with E-state index >= 15 is 0 Å². The highest BCUT2D eigenvalue weighted by molar-refractivity contribution is 5.82. The lowest BCUT2D eigenvalue weighted by Crippen LogP contribution is -2.40. The van der Waals surface area contributed by atoms with Crippen LogP contribution >= 0.6 is 0 Å². The molecular formula is C25H30N4O2. The highest BCUT2D eigenvalue weighted by atomic mass is 16.5. The average Bonchev–Trinajstić information content (AvgIpc) is 3.22. The molecule has 0 unspecified atom stereocenters. The summed E-state index contributed by atoms with van der Waals surface area (Å²) in [6, 6.07) is 16.9.